The van der Waals surface area contributed by atoms with E-state index in [1.807, 2.05) is 31.2 Å². The number of amides is 1. The summed E-state index contributed by atoms with van der Waals surface area (Å²) in [6, 6.07) is 14.1. The van der Waals surface area contributed by atoms with Crippen molar-refractivity contribution in [2.24, 2.45) is 0 Å². The maximum absolute atomic E-state index is 13.0. The normalized spacial score (nSPS) is 17.8. The number of nitrogens with one attached hydrogen (secondary N) is 1. The van der Waals surface area contributed by atoms with E-state index >= 15 is 0 Å². The van der Waals surface area contributed by atoms with Gasteiger partial charge in [0.25, 0.3) is 0 Å². The van der Waals surface area contributed by atoms with Crippen molar-refractivity contribution >= 4 is 33.2 Å². The molecule has 0 fully saturated rings. The summed E-state index contributed by atoms with van der Waals surface area (Å²) in [6.45, 7) is 2.00. The molecule has 2 atom stereocenters. The minimum atomic E-state index is -3.48. The number of fused-ring (bicyclic) bond motifs is 1. The molecule has 3 rings (SSSR count). The number of rotatable bonds is 5. The first kappa shape index (κ1) is 18.9. The molecule has 0 saturated heterocycles. The zero-order valence-electron chi connectivity index (χ0n) is 14.6. The third-order valence-electron chi connectivity index (χ3n) is 4.48. The van der Waals surface area contributed by atoms with E-state index in [2.05, 4.69) is 4.72 Å². The predicted octanol–water partition coefficient (Wildman–Crippen LogP) is 3.30. The van der Waals surface area contributed by atoms with Gasteiger partial charge in [0.1, 0.15) is 0 Å². The highest BCUT2D eigenvalue weighted by Crippen LogP contribution is 2.33. The van der Waals surface area contributed by atoms with Crippen molar-refractivity contribution in [2.75, 3.05) is 11.2 Å². The molecule has 0 spiro atoms. The summed E-state index contributed by atoms with van der Waals surface area (Å²) in [5.41, 5.74) is 2.74. The van der Waals surface area contributed by atoms with E-state index in [9.17, 15) is 13.2 Å². The van der Waals surface area contributed by atoms with Crippen molar-refractivity contribution in [3.8, 4) is 0 Å². The lowest BCUT2D eigenvalue weighted by atomic mass is 10.0. The van der Waals surface area contributed by atoms with Crippen LogP contribution < -0.4 is 9.62 Å². The molecule has 26 heavy (non-hydrogen) atoms. The van der Waals surface area contributed by atoms with Crippen LogP contribution in [-0.2, 0) is 21.2 Å². The lowest BCUT2D eigenvalue weighted by molar-refractivity contribution is -0.119. The van der Waals surface area contributed by atoms with Crippen LogP contribution in [0.2, 0.25) is 5.02 Å². The number of benzene rings is 2. The molecule has 1 aliphatic rings. The van der Waals surface area contributed by atoms with Gasteiger partial charge in [-0.25, -0.2) is 13.1 Å². The standard InChI is InChI=1S/C19H21ClN2O3S/c1-13-11-15-5-3-4-6-18(15)22(13)19(23)12-17(21-26(2,24)25)14-7-9-16(20)10-8-14/h3-10,13,17,21H,11-12H2,1-2H3/t13-,17-/m1/s1. The topological polar surface area (TPSA) is 66.5 Å². The van der Waals surface area contributed by atoms with E-state index in [1.165, 1.54) is 0 Å². The van der Waals surface area contributed by atoms with E-state index in [0.717, 1.165) is 23.9 Å². The van der Waals surface area contributed by atoms with Gasteiger partial charge in [0.05, 0.1) is 12.3 Å². The molecule has 1 amide bonds. The van der Waals surface area contributed by atoms with Crippen LogP contribution in [0.25, 0.3) is 0 Å². The SMILES string of the molecule is C[C@@H]1Cc2ccccc2N1C(=O)C[C@@H](NS(C)(=O)=O)c1ccc(Cl)cc1. The molecule has 0 unspecified atom stereocenters. The third kappa shape index (κ3) is 4.26. The molecule has 0 saturated carbocycles. The average Bonchev–Trinajstić information content (AvgIpc) is 2.89. The molecule has 0 radical (unpaired) electrons. The average molecular weight is 393 g/mol. The summed E-state index contributed by atoms with van der Waals surface area (Å²) < 4.78 is 26.1. The van der Waals surface area contributed by atoms with Crippen molar-refractivity contribution in [3.63, 3.8) is 0 Å². The molecule has 0 bridgehead atoms. The first-order valence-electron chi connectivity index (χ1n) is 8.37. The minimum Gasteiger partial charge on any atom is -0.309 e. The number of anilines is 1. The third-order valence-corrected chi connectivity index (χ3v) is 5.45. The van der Waals surface area contributed by atoms with Crippen LogP contribution in [-0.4, -0.2) is 26.6 Å². The number of sulfonamides is 1. The molecule has 0 aromatic heterocycles. The Bertz CT molecular complexity index is 913. The van der Waals surface area contributed by atoms with E-state index in [1.54, 1.807) is 29.2 Å². The largest absolute Gasteiger partial charge is 0.309 e. The van der Waals surface area contributed by atoms with E-state index in [-0.39, 0.29) is 18.4 Å². The highest BCUT2D eigenvalue weighted by atomic mass is 35.5. The van der Waals surface area contributed by atoms with Gasteiger partial charge in [-0.3, -0.25) is 4.79 Å². The molecule has 1 N–H and O–H groups in total. The summed E-state index contributed by atoms with van der Waals surface area (Å²) >= 11 is 5.92. The molecule has 5 nitrogen and oxygen atoms in total. The first-order valence-corrected chi connectivity index (χ1v) is 10.6. The second-order valence-corrected chi connectivity index (χ2v) is 8.86. The predicted molar refractivity (Wildman–Crippen MR) is 104 cm³/mol. The van der Waals surface area contributed by atoms with Gasteiger partial charge in [-0.15, -0.1) is 0 Å². The minimum absolute atomic E-state index is 0.0351. The Morgan fingerprint density at radius 2 is 1.88 bits per heavy atom. The Morgan fingerprint density at radius 1 is 1.23 bits per heavy atom. The number of hydrogen-bond acceptors (Lipinski definition) is 3. The fourth-order valence-electron chi connectivity index (χ4n) is 3.40. The molecule has 0 aliphatic carbocycles. The summed E-state index contributed by atoms with van der Waals surface area (Å²) in [5, 5.41) is 0.556. The maximum Gasteiger partial charge on any atom is 0.229 e. The summed E-state index contributed by atoms with van der Waals surface area (Å²) in [5.74, 6) is -0.112. The van der Waals surface area contributed by atoms with Crippen LogP contribution >= 0.6 is 11.6 Å². The highest BCUT2D eigenvalue weighted by Gasteiger charge is 2.32. The van der Waals surface area contributed by atoms with Gasteiger partial charge in [0.15, 0.2) is 0 Å². The zero-order valence-corrected chi connectivity index (χ0v) is 16.2. The van der Waals surface area contributed by atoms with Crippen LogP contribution in [0.1, 0.15) is 30.5 Å². The highest BCUT2D eigenvalue weighted by molar-refractivity contribution is 7.88. The molecular formula is C19H21ClN2O3S. The Balaban J connectivity index is 1.87. The van der Waals surface area contributed by atoms with Gasteiger partial charge in [0.2, 0.25) is 15.9 Å². The fraction of sp³-hybridized carbons (Fsp3) is 0.316. The first-order chi connectivity index (χ1) is 12.2. The second-order valence-electron chi connectivity index (χ2n) is 6.64. The van der Waals surface area contributed by atoms with Gasteiger partial charge in [0, 0.05) is 23.2 Å². The van der Waals surface area contributed by atoms with Crippen LogP contribution in [0, 0.1) is 0 Å². The van der Waals surface area contributed by atoms with Crippen molar-refractivity contribution in [1.82, 2.24) is 4.72 Å². The number of carbonyl (C=O) groups excluding carboxylic acids is 1. The van der Waals surface area contributed by atoms with Crippen molar-refractivity contribution in [3.05, 3.63) is 64.7 Å². The maximum atomic E-state index is 13.0. The fourth-order valence-corrected chi connectivity index (χ4v) is 4.26. The van der Waals surface area contributed by atoms with Gasteiger partial charge >= 0.3 is 0 Å². The number of para-hydroxylation sites is 1. The van der Waals surface area contributed by atoms with Crippen LogP contribution in [0.3, 0.4) is 0 Å². The Labute approximate surface area is 159 Å². The molecule has 138 valence electrons. The molecular weight excluding hydrogens is 372 g/mol. The number of hydrogen-bond donors (Lipinski definition) is 1. The second kappa shape index (κ2) is 7.39. The Hall–Kier alpha value is -1.89. The summed E-state index contributed by atoms with van der Waals surface area (Å²) in [4.78, 5) is 14.8. The molecule has 1 heterocycles. The number of carbonyl (C=O) groups is 1. The van der Waals surface area contributed by atoms with Gasteiger partial charge in [-0.1, -0.05) is 41.9 Å². The van der Waals surface area contributed by atoms with Crippen LogP contribution in [0.5, 0.6) is 0 Å². The Morgan fingerprint density at radius 3 is 2.54 bits per heavy atom. The van der Waals surface area contributed by atoms with E-state index < -0.39 is 16.1 Å². The lowest BCUT2D eigenvalue weighted by Gasteiger charge is -2.26. The summed E-state index contributed by atoms with van der Waals surface area (Å²) in [6.07, 6.45) is 1.93. The molecule has 7 heteroatoms. The molecule has 2 aromatic rings. The van der Waals surface area contributed by atoms with Gasteiger partial charge in [-0.05, 0) is 42.7 Å². The van der Waals surface area contributed by atoms with Crippen molar-refractivity contribution in [2.45, 2.75) is 31.8 Å². The molecule has 1 aliphatic heterocycles. The van der Waals surface area contributed by atoms with Crippen molar-refractivity contribution in [1.29, 1.82) is 0 Å². The van der Waals surface area contributed by atoms with Gasteiger partial charge < -0.3 is 4.90 Å². The monoisotopic (exact) mass is 392 g/mol. The lowest BCUT2D eigenvalue weighted by Crippen LogP contribution is -2.39. The van der Waals surface area contributed by atoms with E-state index in [4.69, 9.17) is 11.6 Å². The quantitative estimate of drug-likeness (QED) is 0.848. The smallest absolute Gasteiger partial charge is 0.229 e. The molecule has 2 aromatic carbocycles. The van der Waals surface area contributed by atoms with Gasteiger partial charge in [-0.2, -0.15) is 0 Å². The number of nitrogens with zero attached hydrogens (tertiary/aromatic N) is 1. The van der Waals surface area contributed by atoms with Crippen LogP contribution in [0.15, 0.2) is 48.5 Å². The zero-order chi connectivity index (χ0) is 18.9. The summed E-state index contributed by atoms with van der Waals surface area (Å²) in [7, 11) is -3.48. The van der Waals surface area contributed by atoms with E-state index in [0.29, 0.717) is 10.6 Å². The number of halogens is 1. The van der Waals surface area contributed by atoms with Crippen molar-refractivity contribution < 1.29 is 13.2 Å². The Kier molecular flexibility index (Phi) is 5.37. The van der Waals surface area contributed by atoms with Crippen LogP contribution in [0.4, 0.5) is 5.69 Å².